The number of hydrogen-bond donors (Lipinski definition) is 2. The van der Waals surface area contributed by atoms with Crippen molar-refractivity contribution in [2.75, 3.05) is 11.9 Å². The van der Waals surface area contributed by atoms with E-state index in [2.05, 4.69) is 38.3 Å². The number of ketones is 1. The average Bonchev–Trinajstić information content (AvgIpc) is 2.35. The quantitative estimate of drug-likeness (QED) is 0.824. The number of nitrogens with one attached hydrogen (secondary N) is 2. The van der Waals surface area contributed by atoms with Crippen LogP contribution >= 0.6 is 0 Å². The van der Waals surface area contributed by atoms with E-state index >= 15 is 0 Å². The van der Waals surface area contributed by atoms with E-state index in [-0.39, 0.29) is 17.2 Å². The van der Waals surface area contributed by atoms with Gasteiger partial charge in [0, 0.05) is 17.8 Å². The van der Waals surface area contributed by atoms with Crippen LogP contribution in [0.4, 0.5) is 10.5 Å². The lowest BCUT2D eigenvalue weighted by Crippen LogP contribution is -2.36. The molecule has 2 amide bonds. The Morgan fingerprint density at radius 3 is 2.15 bits per heavy atom. The van der Waals surface area contributed by atoms with Crippen LogP contribution in [0.1, 0.15) is 45.0 Å². The third-order valence-corrected chi connectivity index (χ3v) is 3.60. The molecule has 0 radical (unpaired) electrons. The average molecular weight is 276 g/mol. The summed E-state index contributed by atoms with van der Waals surface area (Å²) < 4.78 is 0. The third-order valence-electron chi connectivity index (χ3n) is 3.60. The van der Waals surface area contributed by atoms with Crippen LogP contribution in [-0.4, -0.2) is 18.4 Å². The molecule has 1 unspecified atom stereocenters. The molecular formula is C16H24N2O2. The van der Waals surface area contributed by atoms with E-state index in [9.17, 15) is 9.59 Å². The first-order chi connectivity index (χ1) is 9.20. The van der Waals surface area contributed by atoms with Gasteiger partial charge in [-0.15, -0.1) is 0 Å². The number of benzene rings is 1. The molecule has 2 N–H and O–H groups in total. The van der Waals surface area contributed by atoms with Crippen LogP contribution < -0.4 is 10.6 Å². The number of urea groups is 1. The van der Waals surface area contributed by atoms with Crippen molar-refractivity contribution in [1.29, 1.82) is 0 Å². The lowest BCUT2D eigenvalue weighted by molar-refractivity contribution is 0.101. The first-order valence-corrected chi connectivity index (χ1v) is 6.86. The van der Waals surface area contributed by atoms with Crippen molar-refractivity contribution >= 4 is 17.5 Å². The zero-order valence-electron chi connectivity index (χ0n) is 12.9. The topological polar surface area (TPSA) is 58.2 Å². The zero-order chi connectivity index (χ0) is 15.3. The van der Waals surface area contributed by atoms with E-state index in [4.69, 9.17) is 0 Å². The lowest BCUT2D eigenvalue weighted by Gasteiger charge is -2.27. The molecule has 0 heterocycles. The van der Waals surface area contributed by atoms with Crippen LogP contribution in [0.2, 0.25) is 0 Å². The molecule has 0 aliphatic carbocycles. The molecule has 110 valence electrons. The summed E-state index contributed by atoms with van der Waals surface area (Å²) in [5, 5.41) is 5.61. The minimum Gasteiger partial charge on any atom is -0.338 e. The van der Waals surface area contributed by atoms with Gasteiger partial charge in [0.1, 0.15) is 0 Å². The Bertz CT molecular complexity index is 472. The molecule has 0 saturated heterocycles. The summed E-state index contributed by atoms with van der Waals surface area (Å²) in [7, 11) is 0. The highest BCUT2D eigenvalue weighted by Gasteiger charge is 2.20. The first kappa shape index (κ1) is 16.2. The maximum atomic E-state index is 11.8. The molecule has 0 bridgehead atoms. The number of amides is 2. The second kappa shape index (κ2) is 6.55. The van der Waals surface area contributed by atoms with E-state index in [1.165, 1.54) is 6.92 Å². The molecule has 0 aliphatic rings. The summed E-state index contributed by atoms with van der Waals surface area (Å²) in [4.78, 5) is 22.9. The second-order valence-corrected chi connectivity index (χ2v) is 6.24. The van der Waals surface area contributed by atoms with Crippen molar-refractivity contribution in [1.82, 2.24) is 5.32 Å². The maximum absolute atomic E-state index is 11.8. The maximum Gasteiger partial charge on any atom is 0.319 e. The highest BCUT2D eigenvalue weighted by molar-refractivity contribution is 5.95. The first-order valence-electron chi connectivity index (χ1n) is 6.86. The fraction of sp³-hybridized carbons (Fsp3) is 0.500. The van der Waals surface area contributed by atoms with E-state index in [0.717, 1.165) is 0 Å². The number of carbonyl (C=O) groups excluding carboxylic acids is 2. The molecule has 0 spiro atoms. The normalized spacial score (nSPS) is 12.7. The van der Waals surface area contributed by atoms with Crippen LogP contribution in [-0.2, 0) is 0 Å². The number of carbonyl (C=O) groups is 2. The Morgan fingerprint density at radius 1 is 1.15 bits per heavy atom. The van der Waals surface area contributed by atoms with Crippen molar-refractivity contribution in [2.45, 2.75) is 34.6 Å². The molecule has 1 aromatic carbocycles. The van der Waals surface area contributed by atoms with Gasteiger partial charge in [-0.05, 0) is 42.5 Å². The molecule has 20 heavy (non-hydrogen) atoms. The summed E-state index contributed by atoms with van der Waals surface area (Å²) in [5.41, 5.74) is 1.48. The van der Waals surface area contributed by atoms with Gasteiger partial charge in [0.2, 0.25) is 0 Å². The Balaban J connectivity index is 2.48. The highest BCUT2D eigenvalue weighted by atomic mass is 16.2. The molecule has 4 heteroatoms. The largest absolute Gasteiger partial charge is 0.338 e. The molecule has 1 atom stereocenters. The van der Waals surface area contributed by atoms with E-state index < -0.39 is 0 Å². The molecule has 0 aromatic heterocycles. The smallest absolute Gasteiger partial charge is 0.319 e. The van der Waals surface area contributed by atoms with Crippen LogP contribution in [0.25, 0.3) is 0 Å². The molecule has 4 nitrogen and oxygen atoms in total. The summed E-state index contributed by atoms with van der Waals surface area (Å²) in [6.07, 6.45) is 0. The van der Waals surface area contributed by atoms with Gasteiger partial charge in [0.15, 0.2) is 5.78 Å². The zero-order valence-corrected chi connectivity index (χ0v) is 12.9. The van der Waals surface area contributed by atoms with Gasteiger partial charge < -0.3 is 10.6 Å². The van der Waals surface area contributed by atoms with Gasteiger partial charge in [-0.1, -0.05) is 27.7 Å². The van der Waals surface area contributed by atoms with Crippen LogP contribution in [0.15, 0.2) is 24.3 Å². The van der Waals surface area contributed by atoms with Gasteiger partial charge in [-0.2, -0.15) is 0 Å². The minimum atomic E-state index is -0.225. The number of hydrogen-bond acceptors (Lipinski definition) is 2. The van der Waals surface area contributed by atoms with Crippen molar-refractivity contribution in [3.05, 3.63) is 29.8 Å². The number of Topliss-reactive ketones (excluding diaryl/α,β-unsaturated/α-hetero) is 1. The Labute approximate surface area is 121 Å². The molecule has 1 rings (SSSR count). The van der Waals surface area contributed by atoms with Gasteiger partial charge >= 0.3 is 6.03 Å². The Hall–Kier alpha value is -1.84. The van der Waals surface area contributed by atoms with Gasteiger partial charge in [-0.25, -0.2) is 4.79 Å². The predicted octanol–water partition coefficient (Wildman–Crippen LogP) is 3.69. The van der Waals surface area contributed by atoms with Crippen LogP contribution in [0, 0.1) is 11.3 Å². The minimum absolute atomic E-state index is 0.0139. The SMILES string of the molecule is CC(=O)c1ccc(NC(=O)NCC(C)C(C)(C)C)cc1. The highest BCUT2D eigenvalue weighted by Crippen LogP contribution is 2.24. The Kier molecular flexibility index (Phi) is 5.31. The third kappa shape index (κ3) is 5.03. The van der Waals surface area contributed by atoms with E-state index in [1.54, 1.807) is 24.3 Å². The van der Waals surface area contributed by atoms with Crippen molar-refractivity contribution in [3.63, 3.8) is 0 Å². The van der Waals surface area contributed by atoms with Gasteiger partial charge in [0.25, 0.3) is 0 Å². The summed E-state index contributed by atoms with van der Waals surface area (Å²) in [5.74, 6) is 0.397. The number of rotatable bonds is 4. The van der Waals surface area contributed by atoms with Crippen molar-refractivity contribution < 1.29 is 9.59 Å². The fourth-order valence-electron chi connectivity index (χ4n) is 1.52. The fourth-order valence-corrected chi connectivity index (χ4v) is 1.52. The van der Waals surface area contributed by atoms with Crippen molar-refractivity contribution in [2.24, 2.45) is 11.3 Å². The predicted molar refractivity (Wildman–Crippen MR) is 82.1 cm³/mol. The molecule has 0 aliphatic heterocycles. The summed E-state index contributed by atoms with van der Waals surface area (Å²) in [6, 6.07) is 6.63. The monoisotopic (exact) mass is 276 g/mol. The summed E-state index contributed by atoms with van der Waals surface area (Å²) in [6.45, 7) is 10.7. The van der Waals surface area contributed by atoms with E-state index in [1.807, 2.05) is 0 Å². The standard InChI is InChI=1S/C16H24N2O2/c1-11(16(3,4)5)10-17-15(20)18-14-8-6-13(7-9-14)12(2)19/h6-9,11H,10H2,1-5H3,(H2,17,18,20). The van der Waals surface area contributed by atoms with Crippen molar-refractivity contribution in [3.8, 4) is 0 Å². The number of anilines is 1. The molecule has 0 saturated carbocycles. The second-order valence-electron chi connectivity index (χ2n) is 6.24. The van der Waals surface area contributed by atoms with E-state index in [0.29, 0.717) is 23.7 Å². The Morgan fingerprint density at radius 2 is 1.70 bits per heavy atom. The molecule has 0 fully saturated rings. The molecule has 1 aromatic rings. The van der Waals surface area contributed by atoms with Crippen LogP contribution in [0.5, 0.6) is 0 Å². The lowest BCUT2D eigenvalue weighted by atomic mass is 9.82. The van der Waals surface area contributed by atoms with Gasteiger partial charge in [-0.3, -0.25) is 4.79 Å². The summed E-state index contributed by atoms with van der Waals surface area (Å²) >= 11 is 0. The van der Waals surface area contributed by atoms with Gasteiger partial charge in [0.05, 0.1) is 0 Å². The molecular weight excluding hydrogens is 252 g/mol. The van der Waals surface area contributed by atoms with Crippen LogP contribution in [0.3, 0.4) is 0 Å².